The van der Waals surface area contributed by atoms with Crippen molar-refractivity contribution >= 4 is 11.8 Å². The molecule has 7 heteroatoms. The first kappa shape index (κ1) is 21.7. The van der Waals surface area contributed by atoms with Gasteiger partial charge in [-0.2, -0.15) is 0 Å². The van der Waals surface area contributed by atoms with Crippen LogP contribution in [0.15, 0.2) is 60.9 Å². The summed E-state index contributed by atoms with van der Waals surface area (Å²) in [6, 6.07) is 14.2. The fraction of sp³-hybridized carbons (Fsp3) is 0.320. The Labute approximate surface area is 186 Å². The third-order valence-electron chi connectivity index (χ3n) is 6.30. The average molecular weight is 435 g/mol. The third-order valence-corrected chi connectivity index (χ3v) is 6.30. The second kappa shape index (κ2) is 8.94. The van der Waals surface area contributed by atoms with Crippen molar-refractivity contribution in [3.8, 4) is 11.1 Å². The summed E-state index contributed by atoms with van der Waals surface area (Å²) in [6.45, 7) is 3.00. The summed E-state index contributed by atoms with van der Waals surface area (Å²) in [6.07, 6.45) is 5.22. The minimum absolute atomic E-state index is 0.0408. The standard InChI is InChI=1S/C25H27FN4O2/c1-2-22-28-11-13-29(22)16-23(31)30-12-10-25(17-30,24(27)32)15-18-4-3-5-20(14-18)19-6-8-21(26)9-7-19/h3-9,11,13-14H,2,10,12,15-17H2,1H3,(H2,27,32)/t25-/m0/s1. The molecule has 0 aliphatic carbocycles. The summed E-state index contributed by atoms with van der Waals surface area (Å²) in [7, 11) is 0. The van der Waals surface area contributed by atoms with E-state index < -0.39 is 11.3 Å². The molecule has 2 N–H and O–H groups in total. The number of aryl methyl sites for hydroxylation is 1. The van der Waals surface area contributed by atoms with Crippen LogP contribution in [0.4, 0.5) is 4.39 Å². The molecule has 32 heavy (non-hydrogen) atoms. The number of nitrogens with zero attached hydrogens (tertiary/aromatic N) is 3. The Hall–Kier alpha value is -3.48. The fourth-order valence-electron chi connectivity index (χ4n) is 4.46. The zero-order valence-corrected chi connectivity index (χ0v) is 18.1. The van der Waals surface area contributed by atoms with Gasteiger partial charge in [-0.05, 0) is 41.7 Å². The number of aromatic nitrogens is 2. The van der Waals surface area contributed by atoms with Crippen molar-refractivity contribution in [1.29, 1.82) is 0 Å². The Bertz CT molecular complexity index is 1120. The molecule has 166 valence electrons. The van der Waals surface area contributed by atoms with E-state index in [1.807, 2.05) is 35.8 Å². The third kappa shape index (κ3) is 4.42. The second-order valence-corrected chi connectivity index (χ2v) is 8.42. The first-order valence-electron chi connectivity index (χ1n) is 10.8. The van der Waals surface area contributed by atoms with Gasteiger partial charge in [0.1, 0.15) is 18.2 Å². The van der Waals surface area contributed by atoms with Crippen LogP contribution >= 0.6 is 0 Å². The quantitative estimate of drug-likeness (QED) is 0.620. The van der Waals surface area contributed by atoms with Crippen molar-refractivity contribution in [1.82, 2.24) is 14.5 Å². The van der Waals surface area contributed by atoms with Crippen LogP contribution in [-0.2, 0) is 29.0 Å². The molecular weight excluding hydrogens is 407 g/mol. The number of carbonyl (C=O) groups is 2. The van der Waals surface area contributed by atoms with Crippen molar-refractivity contribution < 1.29 is 14.0 Å². The zero-order chi connectivity index (χ0) is 22.7. The molecule has 1 atom stereocenters. The molecule has 3 aromatic rings. The van der Waals surface area contributed by atoms with Gasteiger partial charge in [-0.1, -0.05) is 43.3 Å². The van der Waals surface area contributed by atoms with E-state index in [0.29, 0.717) is 25.9 Å². The molecule has 0 radical (unpaired) electrons. The van der Waals surface area contributed by atoms with E-state index in [-0.39, 0.29) is 18.3 Å². The molecule has 4 rings (SSSR count). The molecule has 1 saturated heterocycles. The van der Waals surface area contributed by atoms with Gasteiger partial charge in [-0.3, -0.25) is 9.59 Å². The smallest absolute Gasteiger partial charge is 0.242 e. The summed E-state index contributed by atoms with van der Waals surface area (Å²) in [5, 5.41) is 0. The van der Waals surface area contributed by atoms with E-state index in [9.17, 15) is 14.0 Å². The number of carbonyl (C=O) groups excluding carboxylic acids is 2. The topological polar surface area (TPSA) is 81.2 Å². The lowest BCUT2D eigenvalue weighted by atomic mass is 9.79. The van der Waals surface area contributed by atoms with Gasteiger partial charge in [-0.25, -0.2) is 9.37 Å². The van der Waals surface area contributed by atoms with Crippen LogP contribution in [0.3, 0.4) is 0 Å². The molecular formula is C25H27FN4O2. The molecule has 0 unspecified atom stereocenters. The van der Waals surface area contributed by atoms with Crippen LogP contribution in [0.1, 0.15) is 24.7 Å². The molecule has 0 bridgehead atoms. The largest absolute Gasteiger partial charge is 0.369 e. The lowest BCUT2D eigenvalue weighted by molar-refractivity contribution is -0.132. The maximum absolute atomic E-state index is 13.3. The summed E-state index contributed by atoms with van der Waals surface area (Å²) in [5.41, 5.74) is 7.86. The van der Waals surface area contributed by atoms with Crippen molar-refractivity contribution in [3.05, 3.63) is 78.1 Å². The molecule has 1 aromatic heterocycles. The summed E-state index contributed by atoms with van der Waals surface area (Å²) >= 11 is 0. The predicted octanol–water partition coefficient (Wildman–Crippen LogP) is 3.20. The number of primary amides is 1. The number of amides is 2. The SMILES string of the molecule is CCc1nccn1CC(=O)N1CC[C@@](Cc2cccc(-c3ccc(F)cc3)c2)(C(N)=O)C1. The number of likely N-dealkylation sites (tertiary alicyclic amines) is 1. The molecule has 6 nitrogen and oxygen atoms in total. The Kier molecular flexibility index (Phi) is 6.08. The Morgan fingerprint density at radius 3 is 2.66 bits per heavy atom. The molecule has 2 heterocycles. The van der Waals surface area contributed by atoms with Crippen molar-refractivity contribution in [2.24, 2.45) is 11.1 Å². The van der Waals surface area contributed by atoms with Crippen LogP contribution < -0.4 is 5.73 Å². The number of hydrogen-bond acceptors (Lipinski definition) is 3. The van der Waals surface area contributed by atoms with E-state index in [1.54, 1.807) is 29.4 Å². The summed E-state index contributed by atoms with van der Waals surface area (Å²) in [4.78, 5) is 31.4. The number of hydrogen-bond donors (Lipinski definition) is 1. The van der Waals surface area contributed by atoms with Crippen LogP contribution in [0.25, 0.3) is 11.1 Å². The zero-order valence-electron chi connectivity index (χ0n) is 18.1. The lowest BCUT2D eigenvalue weighted by Gasteiger charge is -2.26. The van der Waals surface area contributed by atoms with Crippen LogP contribution in [0, 0.1) is 11.2 Å². The van der Waals surface area contributed by atoms with Crippen molar-refractivity contribution in [3.63, 3.8) is 0 Å². The normalized spacial score (nSPS) is 18.1. The minimum atomic E-state index is -0.806. The molecule has 1 aliphatic rings. The molecule has 2 amide bonds. The van der Waals surface area contributed by atoms with E-state index in [4.69, 9.17) is 5.73 Å². The maximum atomic E-state index is 13.3. The maximum Gasteiger partial charge on any atom is 0.242 e. The van der Waals surface area contributed by atoms with Gasteiger partial charge in [0.2, 0.25) is 11.8 Å². The Morgan fingerprint density at radius 2 is 1.94 bits per heavy atom. The highest BCUT2D eigenvalue weighted by atomic mass is 19.1. The number of rotatable bonds is 7. The fourth-order valence-corrected chi connectivity index (χ4v) is 4.46. The predicted molar refractivity (Wildman–Crippen MR) is 120 cm³/mol. The highest BCUT2D eigenvalue weighted by Gasteiger charge is 2.44. The van der Waals surface area contributed by atoms with Crippen molar-refractivity contribution in [2.75, 3.05) is 13.1 Å². The van der Waals surface area contributed by atoms with Gasteiger partial charge in [-0.15, -0.1) is 0 Å². The molecule has 1 fully saturated rings. The summed E-state index contributed by atoms with van der Waals surface area (Å²) < 4.78 is 15.1. The number of nitrogens with two attached hydrogens (primary N) is 1. The van der Waals surface area contributed by atoms with Gasteiger partial charge >= 0.3 is 0 Å². The van der Waals surface area contributed by atoms with E-state index in [2.05, 4.69) is 4.98 Å². The molecule has 0 spiro atoms. The minimum Gasteiger partial charge on any atom is -0.369 e. The number of benzene rings is 2. The monoisotopic (exact) mass is 434 g/mol. The first-order chi connectivity index (χ1) is 15.4. The molecule has 1 aliphatic heterocycles. The van der Waals surface area contributed by atoms with E-state index in [0.717, 1.165) is 28.9 Å². The molecule has 2 aromatic carbocycles. The average Bonchev–Trinajstić information content (AvgIpc) is 3.42. The van der Waals surface area contributed by atoms with Gasteiger partial charge < -0.3 is 15.2 Å². The van der Waals surface area contributed by atoms with Crippen LogP contribution in [0.2, 0.25) is 0 Å². The van der Waals surface area contributed by atoms with Gasteiger partial charge in [0, 0.05) is 31.9 Å². The number of halogens is 1. The van der Waals surface area contributed by atoms with Crippen LogP contribution in [-0.4, -0.2) is 39.4 Å². The Morgan fingerprint density at radius 1 is 1.16 bits per heavy atom. The van der Waals surface area contributed by atoms with Crippen LogP contribution in [0.5, 0.6) is 0 Å². The number of imidazole rings is 1. The Balaban J connectivity index is 1.50. The summed E-state index contributed by atoms with van der Waals surface area (Å²) in [5.74, 6) is 0.143. The molecule has 0 saturated carbocycles. The van der Waals surface area contributed by atoms with Gasteiger partial charge in [0.25, 0.3) is 0 Å². The second-order valence-electron chi connectivity index (χ2n) is 8.42. The highest BCUT2D eigenvalue weighted by Crippen LogP contribution is 2.35. The van der Waals surface area contributed by atoms with E-state index in [1.165, 1.54) is 12.1 Å². The first-order valence-corrected chi connectivity index (χ1v) is 10.8. The van der Waals surface area contributed by atoms with Crippen molar-refractivity contribution in [2.45, 2.75) is 32.7 Å². The van der Waals surface area contributed by atoms with Gasteiger partial charge in [0.05, 0.1) is 5.41 Å². The highest BCUT2D eigenvalue weighted by molar-refractivity contribution is 5.84. The van der Waals surface area contributed by atoms with E-state index >= 15 is 0 Å². The lowest BCUT2D eigenvalue weighted by Crippen LogP contribution is -2.43. The van der Waals surface area contributed by atoms with Gasteiger partial charge in [0.15, 0.2) is 0 Å².